The molecule has 0 saturated carbocycles. The minimum absolute atomic E-state index is 0.185. The van der Waals surface area contributed by atoms with Crippen LogP contribution in [-0.4, -0.2) is 46.5 Å². The second kappa shape index (κ2) is 6.36. The Hall–Kier alpha value is -2.08. The van der Waals surface area contributed by atoms with Gasteiger partial charge >= 0.3 is 5.69 Å². The van der Waals surface area contributed by atoms with Crippen molar-refractivity contribution in [2.24, 2.45) is 0 Å². The van der Waals surface area contributed by atoms with Gasteiger partial charge in [0.05, 0.1) is 11.0 Å². The first-order valence-corrected chi connectivity index (χ1v) is 7.84. The van der Waals surface area contributed by atoms with Crippen LogP contribution in [0.25, 0.3) is 11.0 Å². The average molecular weight is 302 g/mol. The predicted octanol–water partition coefficient (Wildman–Crippen LogP) is 0.999. The zero-order valence-electron chi connectivity index (χ0n) is 12.8. The highest BCUT2D eigenvalue weighted by atomic mass is 16.2. The molecule has 0 aliphatic carbocycles. The summed E-state index contributed by atoms with van der Waals surface area (Å²) in [6.07, 6.45) is 2.25. The van der Waals surface area contributed by atoms with Gasteiger partial charge < -0.3 is 20.2 Å². The third-order valence-corrected chi connectivity index (χ3v) is 4.16. The number of hydrogen-bond acceptors (Lipinski definition) is 3. The largest absolute Gasteiger partial charge is 0.340 e. The zero-order chi connectivity index (χ0) is 15.5. The monoisotopic (exact) mass is 302 g/mol. The Morgan fingerprint density at radius 1 is 1.32 bits per heavy atom. The van der Waals surface area contributed by atoms with Crippen molar-refractivity contribution in [1.29, 1.82) is 0 Å². The van der Waals surface area contributed by atoms with Crippen LogP contribution in [0.15, 0.2) is 23.0 Å². The molecule has 0 unspecified atom stereocenters. The van der Waals surface area contributed by atoms with E-state index in [0.29, 0.717) is 12.5 Å². The summed E-state index contributed by atoms with van der Waals surface area (Å²) < 4.78 is 0. The maximum Gasteiger partial charge on any atom is 0.323 e. The number of benzene rings is 1. The molecule has 1 aromatic carbocycles. The van der Waals surface area contributed by atoms with Crippen molar-refractivity contribution in [2.45, 2.75) is 32.2 Å². The number of aromatic amines is 2. The summed E-state index contributed by atoms with van der Waals surface area (Å²) in [6, 6.07) is 6.27. The number of H-pyrrole nitrogens is 2. The Morgan fingerprint density at radius 3 is 2.95 bits per heavy atom. The summed E-state index contributed by atoms with van der Waals surface area (Å²) >= 11 is 0. The summed E-state index contributed by atoms with van der Waals surface area (Å²) in [5.41, 5.74) is 2.60. The molecule has 3 rings (SSSR count). The zero-order valence-corrected chi connectivity index (χ0v) is 12.8. The van der Waals surface area contributed by atoms with Crippen LogP contribution in [0, 0.1) is 0 Å². The molecule has 0 radical (unpaired) electrons. The molecule has 3 N–H and O–H groups in total. The number of carbonyl (C=O) groups is 1. The van der Waals surface area contributed by atoms with Crippen molar-refractivity contribution in [1.82, 2.24) is 20.2 Å². The lowest BCUT2D eigenvalue weighted by Crippen LogP contribution is -2.51. The fraction of sp³-hybridized carbons (Fsp3) is 0.500. The molecule has 0 spiro atoms. The first kappa shape index (κ1) is 14.8. The van der Waals surface area contributed by atoms with E-state index in [9.17, 15) is 9.59 Å². The van der Waals surface area contributed by atoms with E-state index in [-0.39, 0.29) is 11.6 Å². The fourth-order valence-electron chi connectivity index (χ4n) is 3.00. The van der Waals surface area contributed by atoms with Crippen LogP contribution in [0.5, 0.6) is 0 Å². The van der Waals surface area contributed by atoms with Crippen molar-refractivity contribution in [2.75, 3.05) is 19.6 Å². The van der Waals surface area contributed by atoms with Gasteiger partial charge in [-0.2, -0.15) is 0 Å². The van der Waals surface area contributed by atoms with E-state index in [1.807, 2.05) is 23.1 Å². The standard InChI is InChI=1S/C16H22N4O2/c1-11-10-20(8-7-17-11)15(21)4-2-3-12-5-6-13-14(9-12)19-16(22)18-13/h5-6,9,11,17H,2-4,7-8,10H2,1H3,(H2,18,19,22)/t11-/m0/s1. The summed E-state index contributed by atoms with van der Waals surface area (Å²) in [5.74, 6) is 0.240. The summed E-state index contributed by atoms with van der Waals surface area (Å²) in [4.78, 5) is 30.9. The van der Waals surface area contributed by atoms with Gasteiger partial charge in [-0.25, -0.2) is 4.79 Å². The van der Waals surface area contributed by atoms with Gasteiger partial charge in [-0.15, -0.1) is 0 Å². The number of nitrogens with one attached hydrogen (secondary N) is 3. The Bertz CT molecular complexity index is 718. The molecule has 6 nitrogen and oxygen atoms in total. The van der Waals surface area contributed by atoms with Crippen molar-refractivity contribution in [3.05, 3.63) is 34.2 Å². The Balaban J connectivity index is 1.53. The number of fused-ring (bicyclic) bond motifs is 1. The van der Waals surface area contributed by atoms with Gasteiger partial charge in [0.1, 0.15) is 0 Å². The summed E-state index contributed by atoms with van der Waals surface area (Å²) in [5, 5.41) is 3.34. The van der Waals surface area contributed by atoms with Crippen LogP contribution >= 0.6 is 0 Å². The topological polar surface area (TPSA) is 81.0 Å². The molecule has 1 aliphatic heterocycles. The molecule has 6 heteroatoms. The van der Waals surface area contributed by atoms with E-state index in [2.05, 4.69) is 22.2 Å². The van der Waals surface area contributed by atoms with Gasteiger partial charge in [0.15, 0.2) is 0 Å². The third-order valence-electron chi connectivity index (χ3n) is 4.16. The maximum absolute atomic E-state index is 12.2. The van der Waals surface area contributed by atoms with Crippen LogP contribution in [0.4, 0.5) is 0 Å². The molecule has 118 valence electrons. The van der Waals surface area contributed by atoms with E-state index in [1.54, 1.807) is 0 Å². The van der Waals surface area contributed by atoms with Crippen LogP contribution in [-0.2, 0) is 11.2 Å². The molecule has 1 fully saturated rings. The van der Waals surface area contributed by atoms with Crippen molar-refractivity contribution >= 4 is 16.9 Å². The van der Waals surface area contributed by atoms with Crippen LogP contribution in [0.1, 0.15) is 25.3 Å². The van der Waals surface area contributed by atoms with Crippen molar-refractivity contribution in [3.8, 4) is 0 Å². The van der Waals surface area contributed by atoms with Crippen molar-refractivity contribution < 1.29 is 4.79 Å². The van der Waals surface area contributed by atoms with E-state index >= 15 is 0 Å². The molecule has 2 heterocycles. The van der Waals surface area contributed by atoms with Gasteiger partial charge in [0, 0.05) is 32.1 Å². The SMILES string of the molecule is C[C@H]1CN(C(=O)CCCc2ccc3[nH]c(=O)[nH]c3c2)CCN1. The van der Waals surface area contributed by atoms with Gasteiger partial charge in [-0.1, -0.05) is 6.07 Å². The number of hydrogen-bond donors (Lipinski definition) is 3. The maximum atomic E-state index is 12.2. The minimum atomic E-state index is -0.185. The lowest BCUT2D eigenvalue weighted by Gasteiger charge is -2.32. The number of nitrogens with zero attached hydrogens (tertiary/aromatic N) is 1. The van der Waals surface area contributed by atoms with Gasteiger partial charge in [-0.05, 0) is 37.5 Å². The Labute approximate surface area is 128 Å². The first-order chi connectivity index (χ1) is 10.6. The molecular formula is C16H22N4O2. The third kappa shape index (κ3) is 3.39. The van der Waals surface area contributed by atoms with E-state index < -0.39 is 0 Å². The predicted molar refractivity (Wildman–Crippen MR) is 85.9 cm³/mol. The molecule has 1 saturated heterocycles. The average Bonchev–Trinajstić information content (AvgIpc) is 2.86. The lowest BCUT2D eigenvalue weighted by molar-refractivity contribution is -0.132. The van der Waals surface area contributed by atoms with Crippen LogP contribution in [0.3, 0.4) is 0 Å². The molecule has 2 aromatic rings. The molecule has 1 aliphatic rings. The fourth-order valence-corrected chi connectivity index (χ4v) is 3.00. The number of amides is 1. The summed E-state index contributed by atoms with van der Waals surface area (Å²) in [6.45, 7) is 4.59. The number of imidazole rings is 1. The quantitative estimate of drug-likeness (QED) is 0.788. The lowest BCUT2D eigenvalue weighted by atomic mass is 10.1. The smallest absolute Gasteiger partial charge is 0.323 e. The van der Waals surface area contributed by atoms with E-state index in [4.69, 9.17) is 0 Å². The molecule has 1 aromatic heterocycles. The second-order valence-electron chi connectivity index (χ2n) is 6.01. The minimum Gasteiger partial charge on any atom is -0.340 e. The van der Waals surface area contributed by atoms with E-state index in [0.717, 1.165) is 49.1 Å². The van der Waals surface area contributed by atoms with Gasteiger partial charge in [0.25, 0.3) is 0 Å². The van der Waals surface area contributed by atoms with Gasteiger partial charge in [0.2, 0.25) is 5.91 Å². The number of aromatic nitrogens is 2. The highest BCUT2D eigenvalue weighted by Gasteiger charge is 2.19. The highest BCUT2D eigenvalue weighted by Crippen LogP contribution is 2.13. The van der Waals surface area contributed by atoms with Crippen molar-refractivity contribution in [3.63, 3.8) is 0 Å². The van der Waals surface area contributed by atoms with Gasteiger partial charge in [-0.3, -0.25) is 4.79 Å². The molecule has 1 amide bonds. The normalized spacial score (nSPS) is 18.8. The first-order valence-electron chi connectivity index (χ1n) is 7.84. The number of piperazine rings is 1. The molecule has 22 heavy (non-hydrogen) atoms. The van der Waals surface area contributed by atoms with Crippen LogP contribution < -0.4 is 11.0 Å². The molecular weight excluding hydrogens is 280 g/mol. The summed E-state index contributed by atoms with van der Waals surface area (Å²) in [7, 11) is 0. The Morgan fingerprint density at radius 2 is 2.14 bits per heavy atom. The highest BCUT2D eigenvalue weighted by molar-refractivity contribution is 5.76. The number of rotatable bonds is 4. The number of aryl methyl sites for hydroxylation is 1. The van der Waals surface area contributed by atoms with E-state index in [1.165, 1.54) is 0 Å². The Kier molecular flexibility index (Phi) is 4.29. The number of carbonyl (C=O) groups excluding carboxylic acids is 1. The second-order valence-corrected chi connectivity index (χ2v) is 6.01. The molecule has 1 atom stereocenters. The van der Waals surface area contributed by atoms with Crippen LogP contribution in [0.2, 0.25) is 0 Å². The molecule has 0 bridgehead atoms.